The largest absolute Gasteiger partial charge is 0.461 e. The molecule has 4 aliphatic rings. The van der Waals surface area contributed by atoms with Crippen LogP contribution in [0.3, 0.4) is 0 Å². The summed E-state index contributed by atoms with van der Waals surface area (Å²) in [5.74, 6) is -0.721. The molecule has 10 nitrogen and oxygen atoms in total. The van der Waals surface area contributed by atoms with Crippen LogP contribution < -0.4 is 15.8 Å². The Labute approximate surface area is 274 Å². The number of fused-ring (bicyclic) bond motifs is 5. The highest BCUT2D eigenvalue weighted by Crippen LogP contribution is 2.47. The Hall–Kier alpha value is -3.59. The van der Waals surface area contributed by atoms with Crippen molar-refractivity contribution >= 4 is 49.9 Å². The molecule has 47 heavy (non-hydrogen) atoms. The summed E-state index contributed by atoms with van der Waals surface area (Å²) in [7, 11) is 2.10. The minimum absolute atomic E-state index is 0.0144. The summed E-state index contributed by atoms with van der Waals surface area (Å²) in [6.45, 7) is 7.11. The fourth-order valence-electron chi connectivity index (χ4n) is 8.15. The number of nitrogens with one attached hydrogen (secondary N) is 1. The minimum atomic E-state index is -0.910. The maximum atomic E-state index is 17.2. The second-order valence-corrected chi connectivity index (χ2v) is 14.3. The van der Waals surface area contributed by atoms with E-state index in [1.165, 1.54) is 0 Å². The van der Waals surface area contributed by atoms with Crippen LogP contribution in [0.15, 0.2) is 11.2 Å². The topological polar surface area (TPSA) is 114 Å². The molecule has 0 unspecified atom stereocenters. The summed E-state index contributed by atoms with van der Waals surface area (Å²) >= 11 is 1.08. The van der Waals surface area contributed by atoms with Crippen LogP contribution in [0.2, 0.25) is 0 Å². The lowest BCUT2D eigenvalue weighted by molar-refractivity contribution is 0.107. The number of hydrogen-bond donors (Lipinski definition) is 2. The van der Waals surface area contributed by atoms with Crippen molar-refractivity contribution in [1.82, 2.24) is 24.8 Å². The van der Waals surface area contributed by atoms with E-state index >= 15 is 8.78 Å². The second-order valence-electron chi connectivity index (χ2n) is 13.2. The number of nitrogens with zero attached hydrogens (tertiary/aromatic N) is 6. The average Bonchev–Trinajstić information content (AvgIpc) is 3.87. The third kappa shape index (κ3) is 5.02. The molecule has 7 heterocycles. The van der Waals surface area contributed by atoms with E-state index in [1.807, 2.05) is 0 Å². The van der Waals surface area contributed by atoms with Crippen molar-refractivity contribution in [1.29, 1.82) is 0 Å². The van der Waals surface area contributed by atoms with E-state index in [4.69, 9.17) is 20.2 Å². The summed E-state index contributed by atoms with van der Waals surface area (Å²) in [6.07, 6.45) is 4.50. The number of thiophene rings is 1. The number of anilines is 2. The van der Waals surface area contributed by atoms with Gasteiger partial charge in [0.1, 0.15) is 24.1 Å². The number of likely N-dealkylation sites (N-methyl/N-ethyl adjacent to an activating group) is 1. The summed E-state index contributed by atoms with van der Waals surface area (Å²) in [5, 5.41) is 4.80. The van der Waals surface area contributed by atoms with Crippen molar-refractivity contribution in [3.05, 3.63) is 34.5 Å². The minimum Gasteiger partial charge on any atom is -0.461 e. The molecule has 3 N–H and O–H groups in total. The van der Waals surface area contributed by atoms with Gasteiger partial charge >= 0.3 is 6.01 Å². The normalized spacial score (nSPS) is 24.4. The molecular weight excluding hydrogens is 629 g/mol. The Morgan fingerprint density at radius 3 is 2.87 bits per heavy atom. The van der Waals surface area contributed by atoms with E-state index in [2.05, 4.69) is 43.8 Å². The number of aliphatic imine (C=N–C) groups is 1. The summed E-state index contributed by atoms with van der Waals surface area (Å²) in [6, 6.07) is 0.307. The van der Waals surface area contributed by atoms with E-state index in [9.17, 15) is 4.39 Å². The molecule has 0 aliphatic carbocycles. The van der Waals surface area contributed by atoms with Crippen molar-refractivity contribution < 1.29 is 22.6 Å². The van der Waals surface area contributed by atoms with E-state index in [0.29, 0.717) is 58.3 Å². The number of likely N-dealkylation sites (tertiary alicyclic amines) is 1. The van der Waals surface area contributed by atoms with Gasteiger partial charge in [0.2, 0.25) is 0 Å². The number of ether oxygens (including phenoxy) is 2. The first-order valence-corrected chi connectivity index (χ1v) is 17.0. The zero-order valence-electron chi connectivity index (χ0n) is 26.3. The number of benzene rings is 1. The number of hydrogen-bond acceptors (Lipinski definition) is 11. The molecule has 0 bridgehead atoms. The average molecular weight is 667 g/mol. The Kier molecular flexibility index (Phi) is 7.73. The number of nitrogens with two attached hydrogens (primary N) is 1. The Morgan fingerprint density at radius 2 is 2.06 bits per heavy atom. The van der Waals surface area contributed by atoms with Gasteiger partial charge in [-0.15, -0.1) is 11.3 Å². The number of aromatic nitrogens is 3. The van der Waals surface area contributed by atoms with Crippen LogP contribution in [-0.4, -0.2) is 89.1 Å². The molecule has 0 spiro atoms. The van der Waals surface area contributed by atoms with Crippen LogP contribution in [0.4, 0.5) is 24.0 Å². The predicted octanol–water partition coefficient (Wildman–Crippen LogP) is 5.46. The second kappa shape index (κ2) is 11.8. The standard InChI is InChI=1S/C33H37F3N8O2S/c1-38-11-19-24-27(39-12-22(35)29(24)47-30(19)37)23-20-14-45-15-21(20)25-28(26(23)36)41-32(42-31(25)40-10-18-5-3-7-43(18)2)46-16-33-6-4-8-44(33)13-17(34)9-33/h12,17-18H,1,3-11,13-16,37H2,2H3,(H,40,41,42)/t17-,18+,33+/m1/s1. The fourth-order valence-corrected chi connectivity index (χ4v) is 9.14. The highest BCUT2D eigenvalue weighted by molar-refractivity contribution is 7.23. The lowest BCUT2D eigenvalue weighted by Crippen LogP contribution is -2.43. The molecule has 14 heteroatoms. The maximum Gasteiger partial charge on any atom is 0.319 e. The monoisotopic (exact) mass is 666 g/mol. The van der Waals surface area contributed by atoms with Gasteiger partial charge in [0.05, 0.1) is 52.3 Å². The van der Waals surface area contributed by atoms with Gasteiger partial charge in [-0.05, 0) is 63.7 Å². The van der Waals surface area contributed by atoms with E-state index in [-0.39, 0.29) is 53.8 Å². The Bertz CT molecular complexity index is 1910. The number of halogens is 3. The highest BCUT2D eigenvalue weighted by Gasteiger charge is 2.49. The molecule has 3 aromatic heterocycles. The number of alkyl halides is 1. The van der Waals surface area contributed by atoms with Crippen LogP contribution in [0.5, 0.6) is 6.01 Å². The van der Waals surface area contributed by atoms with Crippen LogP contribution in [0.25, 0.3) is 32.2 Å². The van der Waals surface area contributed by atoms with Crippen molar-refractivity contribution in [2.45, 2.75) is 69.6 Å². The van der Waals surface area contributed by atoms with Crippen LogP contribution in [0.1, 0.15) is 48.8 Å². The zero-order valence-corrected chi connectivity index (χ0v) is 27.1. The summed E-state index contributed by atoms with van der Waals surface area (Å²) in [5.41, 5.74) is 8.26. The maximum absolute atomic E-state index is 17.2. The van der Waals surface area contributed by atoms with Crippen LogP contribution in [-0.2, 0) is 24.5 Å². The van der Waals surface area contributed by atoms with Crippen molar-refractivity contribution in [2.24, 2.45) is 4.99 Å². The first-order valence-electron chi connectivity index (χ1n) is 16.1. The van der Waals surface area contributed by atoms with Gasteiger partial charge in [0, 0.05) is 42.1 Å². The lowest BCUT2D eigenvalue weighted by atomic mass is 9.93. The van der Waals surface area contributed by atoms with E-state index in [1.54, 1.807) is 0 Å². The fraction of sp³-hybridized carbons (Fsp3) is 0.515. The molecule has 8 rings (SSSR count). The van der Waals surface area contributed by atoms with Crippen LogP contribution in [0, 0.1) is 11.6 Å². The molecule has 0 amide bonds. The molecular formula is C33H37F3N8O2S. The molecule has 3 atom stereocenters. The van der Waals surface area contributed by atoms with Crippen LogP contribution >= 0.6 is 11.3 Å². The van der Waals surface area contributed by atoms with Gasteiger partial charge in [-0.25, -0.2) is 13.2 Å². The molecule has 3 saturated heterocycles. The van der Waals surface area contributed by atoms with Gasteiger partial charge in [0.15, 0.2) is 11.6 Å². The van der Waals surface area contributed by atoms with E-state index < -0.39 is 23.3 Å². The summed E-state index contributed by atoms with van der Waals surface area (Å²) in [4.78, 5) is 22.4. The van der Waals surface area contributed by atoms with E-state index in [0.717, 1.165) is 61.9 Å². The van der Waals surface area contributed by atoms with Gasteiger partial charge < -0.3 is 25.4 Å². The van der Waals surface area contributed by atoms with Crippen molar-refractivity contribution in [3.63, 3.8) is 0 Å². The van der Waals surface area contributed by atoms with Crippen molar-refractivity contribution in [2.75, 3.05) is 50.9 Å². The lowest BCUT2D eigenvalue weighted by Gasteiger charge is -2.31. The van der Waals surface area contributed by atoms with Gasteiger partial charge in [-0.3, -0.25) is 14.9 Å². The molecule has 1 aromatic carbocycles. The first kappa shape index (κ1) is 30.7. The molecule has 248 valence electrons. The number of nitrogen functional groups attached to an aromatic ring is 1. The number of pyridine rings is 1. The third-order valence-electron chi connectivity index (χ3n) is 10.5. The molecule has 0 saturated carbocycles. The van der Waals surface area contributed by atoms with Gasteiger partial charge in [0.25, 0.3) is 0 Å². The predicted molar refractivity (Wildman–Crippen MR) is 177 cm³/mol. The van der Waals surface area contributed by atoms with Gasteiger partial charge in [-0.1, -0.05) is 0 Å². The summed E-state index contributed by atoms with van der Waals surface area (Å²) < 4.78 is 59.3. The first-order chi connectivity index (χ1) is 22.8. The Morgan fingerprint density at radius 1 is 1.21 bits per heavy atom. The molecule has 4 aromatic rings. The third-order valence-corrected chi connectivity index (χ3v) is 11.6. The smallest absolute Gasteiger partial charge is 0.319 e. The SMILES string of the molecule is C=NCc1c(N)sc2c(F)cnc(-c3c4c(c5c(NC[C@@H]6CCCN6C)nc(OC[C@@]67CCCN6C[C@H](F)C7)nc5c3F)COC4)c12. The van der Waals surface area contributed by atoms with Crippen molar-refractivity contribution in [3.8, 4) is 17.3 Å². The van der Waals surface area contributed by atoms with Gasteiger partial charge in [-0.2, -0.15) is 9.97 Å². The highest BCUT2D eigenvalue weighted by atomic mass is 32.1. The molecule has 3 fully saturated rings. The Balaban J connectivity index is 1.29. The zero-order chi connectivity index (χ0) is 32.4. The number of rotatable bonds is 9. The quantitative estimate of drug-likeness (QED) is 0.225. The molecule has 4 aliphatic heterocycles. The molecule has 0 radical (unpaired) electrons.